The maximum Gasteiger partial charge on any atom is 0.315 e. The molecule has 0 saturated heterocycles. The van der Waals surface area contributed by atoms with Crippen molar-refractivity contribution in [3.63, 3.8) is 0 Å². The van der Waals surface area contributed by atoms with Crippen LogP contribution in [-0.4, -0.2) is 64.3 Å². The molecule has 0 aliphatic heterocycles. The van der Waals surface area contributed by atoms with Crippen LogP contribution in [0.3, 0.4) is 0 Å². The largest absolute Gasteiger partial charge is 0.468 e. The molecular formula is C22H30O5S2. The third kappa shape index (κ3) is 8.16. The predicted octanol–water partition coefficient (Wildman–Crippen LogP) is 2.74. The number of aliphatic hydroxyl groups is 2. The molecule has 2 rings (SSSR count). The van der Waals surface area contributed by atoms with E-state index in [1.54, 1.807) is 17.8 Å². The van der Waals surface area contributed by atoms with Gasteiger partial charge >= 0.3 is 5.97 Å². The summed E-state index contributed by atoms with van der Waals surface area (Å²) in [6.07, 6.45) is 4.87. The van der Waals surface area contributed by atoms with E-state index in [1.807, 2.05) is 36.4 Å². The lowest BCUT2D eigenvalue weighted by Gasteiger charge is -2.19. The molecule has 1 saturated carbocycles. The van der Waals surface area contributed by atoms with Crippen molar-refractivity contribution in [2.24, 2.45) is 11.8 Å². The minimum absolute atomic E-state index is 0.0262. The zero-order chi connectivity index (χ0) is 21.1. The average Bonchev–Trinajstić information content (AvgIpc) is 3.04. The molecule has 7 heteroatoms. The van der Waals surface area contributed by atoms with Crippen LogP contribution in [0.1, 0.15) is 18.4 Å². The number of ether oxygens (including phenoxy) is 1. The van der Waals surface area contributed by atoms with Crippen LogP contribution in [-0.2, 0) is 20.7 Å². The number of esters is 1. The van der Waals surface area contributed by atoms with Gasteiger partial charge in [0.15, 0.2) is 0 Å². The van der Waals surface area contributed by atoms with Gasteiger partial charge < -0.3 is 14.9 Å². The van der Waals surface area contributed by atoms with Gasteiger partial charge in [-0.1, -0.05) is 42.5 Å². The standard InChI is InChI=1S/C22H30O5S2/c1-27-21(26)15-28-10-5-11-29-22-19(17(14-23)13-20(22)25)9-8-18(24)12-16-6-3-2-4-7-16/h2-4,6-9,17-19,22-24H,5,10-15H2,1H3/t17-,18?,19-,22+/m0/s1. The van der Waals surface area contributed by atoms with Gasteiger partial charge in [0.1, 0.15) is 5.78 Å². The number of ketones is 1. The second kappa shape index (κ2) is 13.1. The Kier molecular flexibility index (Phi) is 10.8. The van der Waals surface area contributed by atoms with Gasteiger partial charge in [0.05, 0.1) is 24.2 Å². The number of hydrogen-bond acceptors (Lipinski definition) is 7. The Morgan fingerprint density at radius 1 is 1.31 bits per heavy atom. The van der Waals surface area contributed by atoms with E-state index in [0.717, 1.165) is 23.5 Å². The smallest absolute Gasteiger partial charge is 0.315 e. The highest BCUT2D eigenvalue weighted by atomic mass is 32.2. The maximum absolute atomic E-state index is 12.4. The summed E-state index contributed by atoms with van der Waals surface area (Å²) < 4.78 is 4.61. The number of thioether (sulfide) groups is 2. The lowest BCUT2D eigenvalue weighted by atomic mass is 9.95. The number of carbonyl (C=O) groups excluding carboxylic acids is 2. The minimum atomic E-state index is -0.618. The van der Waals surface area contributed by atoms with E-state index in [9.17, 15) is 19.8 Å². The van der Waals surface area contributed by atoms with Crippen LogP contribution in [0, 0.1) is 11.8 Å². The first-order valence-electron chi connectivity index (χ1n) is 9.85. The Morgan fingerprint density at radius 2 is 2.07 bits per heavy atom. The topological polar surface area (TPSA) is 83.8 Å². The number of rotatable bonds is 12. The fraction of sp³-hybridized carbons (Fsp3) is 0.545. The van der Waals surface area contributed by atoms with Crippen molar-refractivity contribution in [1.82, 2.24) is 0 Å². The van der Waals surface area contributed by atoms with Gasteiger partial charge in [0.25, 0.3) is 0 Å². The zero-order valence-corrected chi connectivity index (χ0v) is 18.4. The van der Waals surface area contributed by atoms with Crippen molar-refractivity contribution in [3.05, 3.63) is 48.0 Å². The maximum atomic E-state index is 12.4. The van der Waals surface area contributed by atoms with E-state index < -0.39 is 6.10 Å². The van der Waals surface area contributed by atoms with Crippen LogP contribution in [0.15, 0.2) is 42.5 Å². The molecule has 1 aliphatic carbocycles. The highest BCUT2D eigenvalue weighted by molar-refractivity contribution is 8.01. The van der Waals surface area contributed by atoms with E-state index in [0.29, 0.717) is 18.6 Å². The third-order valence-corrected chi connectivity index (χ3v) is 7.41. The molecule has 160 valence electrons. The Balaban J connectivity index is 1.84. The van der Waals surface area contributed by atoms with Crippen molar-refractivity contribution >= 4 is 35.3 Å². The number of aliphatic hydroxyl groups excluding tert-OH is 2. The molecule has 0 spiro atoms. The molecule has 0 radical (unpaired) electrons. The van der Waals surface area contributed by atoms with Gasteiger partial charge in [-0.3, -0.25) is 9.59 Å². The summed E-state index contributed by atoms with van der Waals surface area (Å²) in [6, 6.07) is 9.78. The van der Waals surface area contributed by atoms with Crippen LogP contribution in [0.5, 0.6) is 0 Å². The summed E-state index contributed by atoms with van der Waals surface area (Å²) in [5.74, 6) is 1.80. The quantitative estimate of drug-likeness (QED) is 0.295. The zero-order valence-electron chi connectivity index (χ0n) is 16.7. The summed E-state index contributed by atoms with van der Waals surface area (Å²) in [6.45, 7) is -0.0262. The number of hydrogen-bond donors (Lipinski definition) is 2. The van der Waals surface area contributed by atoms with E-state index in [2.05, 4.69) is 4.74 Å². The molecule has 0 amide bonds. The molecule has 1 aromatic rings. The molecule has 4 atom stereocenters. The molecule has 1 aromatic carbocycles. The van der Waals surface area contributed by atoms with Crippen molar-refractivity contribution in [2.45, 2.75) is 30.6 Å². The first-order valence-corrected chi connectivity index (χ1v) is 12.1. The van der Waals surface area contributed by atoms with Gasteiger partial charge in [-0.15, -0.1) is 11.8 Å². The summed E-state index contributed by atoms with van der Waals surface area (Å²) >= 11 is 3.15. The number of benzene rings is 1. The SMILES string of the molecule is COC(=O)CSCCCS[C@H]1C(=O)C[C@@H](CO)[C@@H]1C=CC(O)Cc1ccccc1. The van der Waals surface area contributed by atoms with Crippen molar-refractivity contribution < 1.29 is 24.5 Å². The average molecular weight is 439 g/mol. The molecule has 29 heavy (non-hydrogen) atoms. The van der Waals surface area contributed by atoms with Gasteiger partial charge in [0.2, 0.25) is 0 Å². The van der Waals surface area contributed by atoms with Gasteiger partial charge in [0, 0.05) is 25.4 Å². The lowest BCUT2D eigenvalue weighted by molar-refractivity contribution is -0.137. The molecule has 2 N–H and O–H groups in total. The molecule has 5 nitrogen and oxygen atoms in total. The Hall–Kier alpha value is -1.28. The van der Waals surface area contributed by atoms with Crippen molar-refractivity contribution in [2.75, 3.05) is 31.0 Å². The fourth-order valence-electron chi connectivity index (χ4n) is 3.39. The van der Waals surface area contributed by atoms with Crippen LogP contribution in [0.2, 0.25) is 0 Å². The first kappa shape index (κ1) is 24.0. The van der Waals surface area contributed by atoms with E-state index in [-0.39, 0.29) is 35.4 Å². The highest BCUT2D eigenvalue weighted by Crippen LogP contribution is 2.38. The molecule has 0 heterocycles. The van der Waals surface area contributed by atoms with E-state index >= 15 is 0 Å². The Bertz CT molecular complexity index is 664. The number of carbonyl (C=O) groups is 2. The van der Waals surface area contributed by atoms with Crippen LogP contribution >= 0.6 is 23.5 Å². The van der Waals surface area contributed by atoms with Crippen LogP contribution in [0.25, 0.3) is 0 Å². The van der Waals surface area contributed by atoms with Crippen LogP contribution in [0.4, 0.5) is 0 Å². The van der Waals surface area contributed by atoms with Gasteiger partial charge in [-0.2, -0.15) is 11.8 Å². The van der Waals surface area contributed by atoms with E-state index in [4.69, 9.17) is 0 Å². The minimum Gasteiger partial charge on any atom is -0.468 e. The van der Waals surface area contributed by atoms with E-state index in [1.165, 1.54) is 18.9 Å². The first-order chi connectivity index (χ1) is 14.0. The normalized spacial score (nSPS) is 22.9. The number of Topliss-reactive ketones (excluding diaryl/α,β-unsaturated/α-hetero) is 1. The summed E-state index contributed by atoms with van der Waals surface area (Å²) in [5.41, 5.74) is 1.06. The molecule has 1 unspecified atom stereocenters. The molecule has 1 fully saturated rings. The third-order valence-electron chi connectivity index (χ3n) is 4.93. The van der Waals surface area contributed by atoms with Crippen LogP contribution < -0.4 is 0 Å². The predicted molar refractivity (Wildman–Crippen MR) is 119 cm³/mol. The van der Waals surface area contributed by atoms with Crippen molar-refractivity contribution in [3.8, 4) is 0 Å². The summed E-state index contributed by atoms with van der Waals surface area (Å²) in [4.78, 5) is 23.5. The molecular weight excluding hydrogens is 408 g/mol. The second-order valence-corrected chi connectivity index (χ2v) is 9.46. The number of allylic oxidation sites excluding steroid dienone is 1. The highest BCUT2D eigenvalue weighted by Gasteiger charge is 2.40. The molecule has 1 aliphatic rings. The lowest BCUT2D eigenvalue weighted by Crippen LogP contribution is -2.21. The molecule has 0 aromatic heterocycles. The van der Waals surface area contributed by atoms with Gasteiger partial charge in [-0.05, 0) is 29.4 Å². The Morgan fingerprint density at radius 3 is 2.76 bits per heavy atom. The monoisotopic (exact) mass is 438 g/mol. The summed E-state index contributed by atoms with van der Waals surface area (Å²) in [5, 5.41) is 19.8. The Labute approximate surface area is 181 Å². The second-order valence-electron chi connectivity index (χ2n) is 7.11. The number of methoxy groups -OCH3 is 1. The van der Waals surface area contributed by atoms with Gasteiger partial charge in [-0.25, -0.2) is 0 Å². The molecule has 0 bridgehead atoms. The van der Waals surface area contributed by atoms with Crippen molar-refractivity contribution in [1.29, 1.82) is 0 Å². The summed E-state index contributed by atoms with van der Waals surface area (Å²) in [7, 11) is 1.38. The fourth-order valence-corrected chi connectivity index (χ4v) is 5.73.